The van der Waals surface area contributed by atoms with Gasteiger partial charge in [0, 0.05) is 49.7 Å². The lowest BCUT2D eigenvalue weighted by Crippen LogP contribution is -2.42. The van der Waals surface area contributed by atoms with E-state index in [0.717, 1.165) is 55.5 Å². The molecule has 1 atom stereocenters. The van der Waals surface area contributed by atoms with Crippen molar-refractivity contribution < 1.29 is 9.59 Å². The molecule has 8 heteroatoms. The predicted molar refractivity (Wildman–Crippen MR) is 150 cm³/mol. The van der Waals surface area contributed by atoms with E-state index in [4.69, 9.17) is 4.98 Å². The number of anilines is 1. The highest BCUT2D eigenvalue weighted by atomic mass is 16.2. The van der Waals surface area contributed by atoms with Gasteiger partial charge in [-0.1, -0.05) is 33.4 Å². The maximum atomic E-state index is 13.1. The summed E-state index contributed by atoms with van der Waals surface area (Å²) in [5, 5.41) is 6.69. The minimum absolute atomic E-state index is 0.00521. The second kappa shape index (κ2) is 9.98. The molecule has 2 N–H and O–H groups in total. The number of amides is 2. The number of carbonyl (C=O) groups excluding carboxylic acids is 2. The number of hydrogen-bond acceptors (Lipinski definition) is 5. The molecule has 1 aromatic carbocycles. The van der Waals surface area contributed by atoms with Crippen LogP contribution in [-0.2, 0) is 11.3 Å². The quantitative estimate of drug-likeness (QED) is 0.436. The topological polar surface area (TPSA) is 92.2 Å². The molecule has 5 rings (SSSR count). The van der Waals surface area contributed by atoms with Crippen LogP contribution in [0.3, 0.4) is 0 Å². The number of aromatic nitrogens is 3. The van der Waals surface area contributed by atoms with Gasteiger partial charge in [0.2, 0.25) is 11.9 Å². The van der Waals surface area contributed by atoms with Crippen LogP contribution in [-0.4, -0.2) is 50.4 Å². The summed E-state index contributed by atoms with van der Waals surface area (Å²) in [7, 11) is 0. The molecule has 2 aliphatic rings. The molecule has 200 valence electrons. The second-order valence-corrected chi connectivity index (χ2v) is 12.1. The molecule has 38 heavy (non-hydrogen) atoms. The van der Waals surface area contributed by atoms with E-state index in [-0.39, 0.29) is 28.7 Å². The summed E-state index contributed by atoms with van der Waals surface area (Å²) < 4.78 is 2.19. The predicted octanol–water partition coefficient (Wildman–Crippen LogP) is 4.95. The second-order valence-electron chi connectivity index (χ2n) is 12.1. The smallest absolute Gasteiger partial charge is 0.258 e. The van der Waals surface area contributed by atoms with Gasteiger partial charge in [0.25, 0.3) is 5.91 Å². The Morgan fingerprint density at radius 1 is 1.21 bits per heavy atom. The number of pyridine rings is 1. The molecule has 0 unspecified atom stereocenters. The Balaban J connectivity index is 1.41. The monoisotopic (exact) mass is 514 g/mol. The maximum absolute atomic E-state index is 13.1. The van der Waals surface area contributed by atoms with E-state index in [0.29, 0.717) is 17.6 Å². The van der Waals surface area contributed by atoms with Crippen molar-refractivity contribution in [1.29, 1.82) is 0 Å². The van der Waals surface area contributed by atoms with Crippen LogP contribution in [0.5, 0.6) is 0 Å². The van der Waals surface area contributed by atoms with Crippen LogP contribution in [0.15, 0.2) is 55.4 Å². The number of nitrogens with zero attached hydrogens (tertiary/aromatic N) is 4. The summed E-state index contributed by atoms with van der Waals surface area (Å²) in [6, 6.07) is 10.3. The van der Waals surface area contributed by atoms with Crippen molar-refractivity contribution in [2.24, 2.45) is 10.8 Å². The van der Waals surface area contributed by atoms with Gasteiger partial charge in [-0.15, -0.1) is 0 Å². The number of nitrogens with one attached hydrogen (secondary N) is 2. The Hall–Kier alpha value is -3.52. The molecule has 1 saturated carbocycles. The summed E-state index contributed by atoms with van der Waals surface area (Å²) >= 11 is 0. The Morgan fingerprint density at radius 2 is 1.95 bits per heavy atom. The number of imidazole rings is 1. The van der Waals surface area contributed by atoms with Gasteiger partial charge in [-0.25, -0.2) is 4.98 Å². The van der Waals surface area contributed by atoms with Crippen molar-refractivity contribution in [1.82, 2.24) is 24.8 Å². The third-order valence-corrected chi connectivity index (χ3v) is 8.46. The Bertz CT molecular complexity index is 1350. The van der Waals surface area contributed by atoms with Crippen LogP contribution in [0.2, 0.25) is 0 Å². The van der Waals surface area contributed by atoms with Gasteiger partial charge >= 0.3 is 0 Å². The molecule has 2 amide bonds. The van der Waals surface area contributed by atoms with Crippen LogP contribution in [0.1, 0.15) is 68.9 Å². The van der Waals surface area contributed by atoms with Gasteiger partial charge in [-0.05, 0) is 72.9 Å². The standard InChI is InChI=1S/C30H38N6O2/c1-6-26(37)35-14-11-30(19-35)16-23(17-30)36-25-8-7-21(18-32-20(2)29(3,4)5)15-24(25)33-28(36)34-27(38)22-9-12-31-13-10-22/h6-10,12-13,15,20,23,32H,1,11,14,16-19H2,2-5H3,(H,33,34,38)/t20-,23-,30-/m0/s1. The molecule has 1 aliphatic heterocycles. The molecule has 1 saturated heterocycles. The normalized spacial score (nSPS) is 21.9. The third-order valence-electron chi connectivity index (χ3n) is 8.46. The number of fused-ring (bicyclic) bond motifs is 1. The SMILES string of the molecule is C=CC(=O)N1CC[C@]2(C1)C[C@H](n1c(NC(=O)c3ccncc3)nc3cc(CN[C@@H](C)C(C)(C)C)ccc31)C2. The fourth-order valence-corrected chi connectivity index (χ4v) is 5.67. The van der Waals surface area contributed by atoms with Crippen LogP contribution >= 0.6 is 0 Å². The lowest BCUT2D eigenvalue weighted by Gasteiger charge is -2.46. The molecule has 0 radical (unpaired) electrons. The highest BCUT2D eigenvalue weighted by Crippen LogP contribution is 2.55. The van der Waals surface area contributed by atoms with E-state index in [1.54, 1.807) is 24.5 Å². The van der Waals surface area contributed by atoms with E-state index in [1.165, 1.54) is 6.08 Å². The van der Waals surface area contributed by atoms with Crippen LogP contribution in [0.4, 0.5) is 5.95 Å². The lowest BCUT2D eigenvalue weighted by atomic mass is 9.64. The molecule has 3 aromatic rings. The van der Waals surface area contributed by atoms with Crippen LogP contribution in [0.25, 0.3) is 11.0 Å². The first kappa shape index (κ1) is 26.1. The first-order valence-electron chi connectivity index (χ1n) is 13.5. The van der Waals surface area contributed by atoms with Crippen LogP contribution < -0.4 is 10.6 Å². The Kier molecular flexibility index (Phi) is 6.86. The molecule has 2 aromatic heterocycles. The Morgan fingerprint density at radius 3 is 2.63 bits per heavy atom. The van der Waals surface area contributed by atoms with E-state index in [9.17, 15) is 9.59 Å². The number of benzene rings is 1. The zero-order valence-electron chi connectivity index (χ0n) is 22.8. The van der Waals surface area contributed by atoms with Gasteiger partial charge in [0.05, 0.1) is 11.0 Å². The number of carbonyl (C=O) groups is 2. The van der Waals surface area contributed by atoms with Gasteiger partial charge in [-0.3, -0.25) is 19.9 Å². The first-order valence-corrected chi connectivity index (χ1v) is 13.5. The minimum Gasteiger partial charge on any atom is -0.339 e. The molecular weight excluding hydrogens is 476 g/mol. The van der Waals surface area contributed by atoms with Crippen molar-refractivity contribution in [3.63, 3.8) is 0 Å². The lowest BCUT2D eigenvalue weighted by molar-refractivity contribution is -0.125. The van der Waals surface area contributed by atoms with Crippen molar-refractivity contribution in [3.8, 4) is 0 Å². The average Bonchev–Trinajstić information content (AvgIpc) is 3.47. The largest absolute Gasteiger partial charge is 0.339 e. The van der Waals surface area contributed by atoms with E-state index in [2.05, 4.69) is 72.7 Å². The number of rotatable bonds is 7. The fraction of sp³-hybridized carbons (Fsp3) is 0.467. The third kappa shape index (κ3) is 5.10. The molecular formula is C30H38N6O2. The zero-order chi connectivity index (χ0) is 27.1. The summed E-state index contributed by atoms with van der Waals surface area (Å²) in [5.74, 6) is 0.361. The van der Waals surface area contributed by atoms with Crippen molar-refractivity contribution in [3.05, 3.63) is 66.5 Å². The average molecular weight is 515 g/mol. The summed E-state index contributed by atoms with van der Waals surface area (Å²) in [6.07, 6.45) is 7.52. The van der Waals surface area contributed by atoms with Gasteiger partial charge in [-0.2, -0.15) is 0 Å². The number of hydrogen-bond donors (Lipinski definition) is 2. The summed E-state index contributed by atoms with van der Waals surface area (Å²) in [5.41, 5.74) is 3.87. The molecule has 1 aliphatic carbocycles. The molecule has 8 nitrogen and oxygen atoms in total. The van der Waals surface area contributed by atoms with E-state index in [1.807, 2.05) is 4.90 Å². The maximum Gasteiger partial charge on any atom is 0.258 e. The molecule has 2 fully saturated rings. The minimum atomic E-state index is -0.206. The highest BCUT2D eigenvalue weighted by molar-refractivity contribution is 6.04. The van der Waals surface area contributed by atoms with Crippen LogP contribution in [0, 0.1) is 10.8 Å². The number of likely N-dealkylation sites (tertiary alicyclic amines) is 1. The van der Waals surface area contributed by atoms with Gasteiger partial charge in [0.1, 0.15) is 0 Å². The molecule has 3 heterocycles. The van der Waals surface area contributed by atoms with Crippen molar-refractivity contribution >= 4 is 28.8 Å². The van der Waals surface area contributed by atoms with Crippen molar-refractivity contribution in [2.45, 2.75) is 65.6 Å². The summed E-state index contributed by atoms with van der Waals surface area (Å²) in [4.78, 5) is 36.0. The Labute approximate surface area is 224 Å². The van der Waals surface area contributed by atoms with Gasteiger partial charge < -0.3 is 14.8 Å². The zero-order valence-corrected chi connectivity index (χ0v) is 22.8. The molecule has 1 spiro atoms. The highest BCUT2D eigenvalue weighted by Gasteiger charge is 2.50. The summed E-state index contributed by atoms with van der Waals surface area (Å²) in [6.45, 7) is 14.8. The van der Waals surface area contributed by atoms with E-state index >= 15 is 0 Å². The fourth-order valence-electron chi connectivity index (χ4n) is 5.67. The first-order chi connectivity index (χ1) is 18.1. The van der Waals surface area contributed by atoms with Gasteiger partial charge in [0.15, 0.2) is 0 Å². The molecule has 0 bridgehead atoms. The van der Waals surface area contributed by atoms with E-state index < -0.39 is 0 Å². The van der Waals surface area contributed by atoms with Crippen molar-refractivity contribution in [2.75, 3.05) is 18.4 Å².